The first-order chi connectivity index (χ1) is 17.3. The Bertz CT molecular complexity index is 1560. The van der Waals surface area contributed by atoms with Gasteiger partial charge in [-0.25, -0.2) is 4.21 Å². The molecule has 0 fully saturated rings. The van der Waals surface area contributed by atoms with Crippen molar-refractivity contribution in [1.82, 2.24) is 0 Å². The molecule has 0 unspecified atom stereocenters. The van der Waals surface area contributed by atoms with Crippen molar-refractivity contribution in [1.29, 1.82) is 0 Å². The van der Waals surface area contributed by atoms with E-state index in [2.05, 4.69) is 5.32 Å². The molecule has 180 valence electrons. The van der Waals surface area contributed by atoms with Crippen LogP contribution in [0.5, 0.6) is 0 Å². The average Bonchev–Trinajstić information content (AvgIpc) is 2.96. The number of carbonyl (C=O) groups excluding carboxylic acids is 2. The zero-order valence-corrected chi connectivity index (χ0v) is 21.6. The summed E-state index contributed by atoms with van der Waals surface area (Å²) < 4.78 is 13.6. The van der Waals surface area contributed by atoms with Gasteiger partial charge in [0.15, 0.2) is 0 Å². The molecule has 0 saturated heterocycles. The number of benzene rings is 4. The highest BCUT2D eigenvalue weighted by molar-refractivity contribution is 7.85. The second-order valence-electron chi connectivity index (χ2n) is 8.05. The standard InChI is InChI=1S/C27H17Cl3N2O3S/c28-18-5-3-4-16(12-18)15-32-23-13-17(26(33)31-19-9-10-21(29)22(30)14-19)8-11-25(23)36(35)24-7-2-1-6-20(24)27(32)34/h1-14H,15H2,(H,31,33)/t36-/m0/s1. The Balaban J connectivity index is 1.59. The van der Waals surface area contributed by atoms with E-state index in [1.807, 2.05) is 6.07 Å². The number of fused-ring (bicyclic) bond motifs is 2. The van der Waals surface area contributed by atoms with E-state index in [1.165, 1.54) is 4.90 Å². The zero-order valence-electron chi connectivity index (χ0n) is 18.5. The Kier molecular flexibility index (Phi) is 6.86. The van der Waals surface area contributed by atoms with Crippen LogP contribution in [0.3, 0.4) is 0 Å². The second-order valence-corrected chi connectivity index (χ2v) is 10.7. The van der Waals surface area contributed by atoms with E-state index < -0.39 is 16.7 Å². The fourth-order valence-electron chi connectivity index (χ4n) is 3.96. The van der Waals surface area contributed by atoms with Gasteiger partial charge in [-0.15, -0.1) is 0 Å². The Morgan fingerprint density at radius 2 is 1.64 bits per heavy atom. The van der Waals surface area contributed by atoms with E-state index in [4.69, 9.17) is 34.8 Å². The Morgan fingerprint density at radius 1 is 0.833 bits per heavy atom. The van der Waals surface area contributed by atoms with Crippen LogP contribution in [0.25, 0.3) is 0 Å². The van der Waals surface area contributed by atoms with Crippen LogP contribution < -0.4 is 10.2 Å². The molecule has 2 amide bonds. The number of hydrogen-bond donors (Lipinski definition) is 1. The summed E-state index contributed by atoms with van der Waals surface area (Å²) >= 11 is 18.2. The van der Waals surface area contributed by atoms with E-state index in [0.29, 0.717) is 41.8 Å². The molecule has 5 rings (SSSR count). The van der Waals surface area contributed by atoms with Gasteiger partial charge in [-0.1, -0.05) is 59.1 Å². The summed E-state index contributed by atoms with van der Waals surface area (Å²) in [5.74, 6) is -0.737. The van der Waals surface area contributed by atoms with Crippen LogP contribution in [-0.4, -0.2) is 16.0 Å². The van der Waals surface area contributed by atoms with Crippen LogP contribution in [0.15, 0.2) is 94.7 Å². The lowest BCUT2D eigenvalue weighted by molar-refractivity contribution is 0.0979. The first kappa shape index (κ1) is 24.5. The third-order valence-electron chi connectivity index (χ3n) is 5.68. The van der Waals surface area contributed by atoms with Gasteiger partial charge in [0.05, 0.1) is 48.4 Å². The predicted molar refractivity (Wildman–Crippen MR) is 144 cm³/mol. The van der Waals surface area contributed by atoms with Crippen molar-refractivity contribution in [2.75, 3.05) is 10.2 Å². The van der Waals surface area contributed by atoms with Crippen molar-refractivity contribution in [3.05, 3.63) is 117 Å². The molecule has 9 heteroatoms. The fourth-order valence-corrected chi connectivity index (χ4v) is 5.81. The molecule has 1 atom stereocenters. The van der Waals surface area contributed by atoms with E-state index in [0.717, 1.165) is 5.56 Å². The Morgan fingerprint density at radius 3 is 2.42 bits per heavy atom. The van der Waals surface area contributed by atoms with Crippen LogP contribution >= 0.6 is 34.8 Å². The molecule has 1 N–H and O–H groups in total. The number of nitrogens with one attached hydrogen (secondary N) is 1. The van der Waals surface area contributed by atoms with Gasteiger partial charge in [0, 0.05) is 16.3 Å². The minimum Gasteiger partial charge on any atom is -0.322 e. The van der Waals surface area contributed by atoms with Crippen molar-refractivity contribution >= 4 is 68.8 Å². The normalized spacial score (nSPS) is 14.6. The van der Waals surface area contributed by atoms with Crippen molar-refractivity contribution in [2.45, 2.75) is 16.3 Å². The summed E-state index contributed by atoms with van der Waals surface area (Å²) in [6, 6.07) is 23.5. The summed E-state index contributed by atoms with van der Waals surface area (Å²) in [6.45, 7) is 0.176. The molecule has 0 spiro atoms. The number of anilines is 2. The Hall–Kier alpha value is -3.16. The second kappa shape index (κ2) is 10.1. The predicted octanol–water partition coefficient (Wildman–Crippen LogP) is 7.23. The molecule has 0 aromatic heterocycles. The number of halogens is 3. The lowest BCUT2D eigenvalue weighted by atomic mass is 10.1. The quantitative estimate of drug-likeness (QED) is 0.289. The number of rotatable bonds is 4. The fraction of sp³-hybridized carbons (Fsp3) is 0.0370. The van der Waals surface area contributed by atoms with Gasteiger partial charge in [-0.2, -0.15) is 0 Å². The molecule has 0 aliphatic carbocycles. The summed E-state index contributed by atoms with van der Waals surface area (Å²) in [7, 11) is -1.63. The van der Waals surface area contributed by atoms with Crippen LogP contribution in [0.2, 0.25) is 15.1 Å². The molecule has 36 heavy (non-hydrogen) atoms. The third kappa shape index (κ3) is 4.77. The maximum absolute atomic E-state index is 13.7. The molecular formula is C27H17Cl3N2O3S. The molecule has 4 aromatic rings. The van der Waals surface area contributed by atoms with Gasteiger partial charge in [-0.05, 0) is 66.2 Å². The molecule has 0 saturated carbocycles. The van der Waals surface area contributed by atoms with Crippen LogP contribution in [0, 0.1) is 0 Å². The van der Waals surface area contributed by atoms with Gasteiger partial charge < -0.3 is 10.2 Å². The highest BCUT2D eigenvalue weighted by atomic mass is 35.5. The minimum atomic E-state index is -1.63. The van der Waals surface area contributed by atoms with Gasteiger partial charge in [0.2, 0.25) is 0 Å². The SMILES string of the molecule is O=C(Nc1ccc(Cl)c(Cl)c1)c1ccc2c(c1)N(Cc1cccc(Cl)c1)C(=O)c1ccccc1[S@@]2=O. The molecule has 0 bridgehead atoms. The van der Waals surface area contributed by atoms with E-state index in [-0.39, 0.29) is 18.0 Å². The topological polar surface area (TPSA) is 66.5 Å². The third-order valence-corrected chi connectivity index (χ3v) is 8.16. The smallest absolute Gasteiger partial charge is 0.259 e. The monoisotopic (exact) mass is 554 g/mol. The highest BCUT2D eigenvalue weighted by Crippen LogP contribution is 2.36. The molecular weight excluding hydrogens is 539 g/mol. The van der Waals surface area contributed by atoms with Crippen LogP contribution in [-0.2, 0) is 17.3 Å². The van der Waals surface area contributed by atoms with Crippen molar-refractivity contribution in [2.24, 2.45) is 0 Å². The maximum atomic E-state index is 13.7. The first-order valence-corrected chi connectivity index (χ1v) is 13.1. The maximum Gasteiger partial charge on any atom is 0.259 e. The van der Waals surface area contributed by atoms with Crippen LogP contribution in [0.1, 0.15) is 26.3 Å². The van der Waals surface area contributed by atoms with Crippen molar-refractivity contribution in [3.63, 3.8) is 0 Å². The van der Waals surface area contributed by atoms with Gasteiger partial charge in [-0.3, -0.25) is 9.59 Å². The van der Waals surface area contributed by atoms with Crippen molar-refractivity contribution < 1.29 is 13.8 Å². The molecule has 1 aliphatic heterocycles. The number of hydrogen-bond acceptors (Lipinski definition) is 3. The molecule has 1 heterocycles. The van der Waals surface area contributed by atoms with Gasteiger partial charge in [0.25, 0.3) is 11.8 Å². The number of amides is 2. The van der Waals surface area contributed by atoms with E-state index in [1.54, 1.807) is 78.9 Å². The summed E-state index contributed by atoms with van der Waals surface area (Å²) in [5, 5.41) is 4.00. The largest absolute Gasteiger partial charge is 0.322 e. The summed E-state index contributed by atoms with van der Waals surface area (Å²) in [6.07, 6.45) is 0. The Labute approximate surface area is 225 Å². The first-order valence-electron chi connectivity index (χ1n) is 10.8. The lowest BCUT2D eigenvalue weighted by Gasteiger charge is -2.24. The zero-order chi connectivity index (χ0) is 25.4. The number of carbonyl (C=O) groups is 2. The number of nitrogens with zero attached hydrogens (tertiary/aromatic N) is 1. The van der Waals surface area contributed by atoms with Crippen molar-refractivity contribution in [3.8, 4) is 0 Å². The lowest BCUT2D eigenvalue weighted by Crippen LogP contribution is -2.30. The summed E-state index contributed by atoms with van der Waals surface area (Å²) in [5.41, 5.74) is 2.27. The molecule has 4 aromatic carbocycles. The van der Waals surface area contributed by atoms with E-state index >= 15 is 0 Å². The molecule has 5 nitrogen and oxygen atoms in total. The van der Waals surface area contributed by atoms with E-state index in [9.17, 15) is 13.8 Å². The molecule has 1 aliphatic rings. The minimum absolute atomic E-state index is 0.176. The van der Waals surface area contributed by atoms with Gasteiger partial charge in [0.1, 0.15) is 0 Å². The van der Waals surface area contributed by atoms with Crippen LogP contribution in [0.4, 0.5) is 11.4 Å². The highest BCUT2D eigenvalue weighted by Gasteiger charge is 2.31. The van der Waals surface area contributed by atoms with Gasteiger partial charge >= 0.3 is 0 Å². The summed E-state index contributed by atoms with van der Waals surface area (Å²) in [4.78, 5) is 29.2. The molecule has 0 radical (unpaired) electrons. The average molecular weight is 556 g/mol.